The molecule has 0 saturated heterocycles. The maximum atomic E-state index is 10.9. The highest BCUT2D eigenvalue weighted by Gasteiger charge is 2.11. The van der Waals surface area contributed by atoms with Crippen molar-refractivity contribution in [2.24, 2.45) is 5.73 Å². The van der Waals surface area contributed by atoms with Crippen LogP contribution in [0.3, 0.4) is 0 Å². The van der Waals surface area contributed by atoms with Gasteiger partial charge in [0.2, 0.25) is 0 Å². The molecule has 11 heavy (non-hydrogen) atoms. The molecule has 0 spiro atoms. The van der Waals surface area contributed by atoms with Crippen molar-refractivity contribution in [1.29, 1.82) is 0 Å². The lowest BCUT2D eigenvalue weighted by molar-refractivity contribution is -0.136. The van der Waals surface area contributed by atoms with E-state index in [4.69, 9.17) is 5.73 Å². The van der Waals surface area contributed by atoms with Gasteiger partial charge in [-0.3, -0.25) is 0 Å². The Kier molecular flexibility index (Phi) is 2.44. The number of ether oxygens (including phenoxy) is 1. The summed E-state index contributed by atoms with van der Waals surface area (Å²) in [5, 5.41) is 0. The Morgan fingerprint density at radius 2 is 2.55 bits per heavy atom. The second-order valence-corrected chi connectivity index (χ2v) is 2.39. The Balaban J connectivity index is 2.66. The van der Waals surface area contributed by atoms with Crippen LogP contribution in [0.5, 0.6) is 0 Å². The Morgan fingerprint density at radius 1 is 1.82 bits per heavy atom. The summed E-state index contributed by atoms with van der Waals surface area (Å²) in [6.07, 6.45) is 6.07. The monoisotopic (exact) mass is 153 g/mol. The largest absolute Gasteiger partial charge is 0.466 e. The lowest BCUT2D eigenvalue weighted by atomic mass is 10.0. The molecule has 0 aromatic rings. The molecule has 0 fully saturated rings. The van der Waals surface area contributed by atoms with Gasteiger partial charge in [0, 0.05) is 11.6 Å². The molecule has 1 unspecified atom stereocenters. The summed E-state index contributed by atoms with van der Waals surface area (Å²) in [5.74, 6) is -0.287. The quantitative estimate of drug-likeness (QED) is 0.437. The first-order chi connectivity index (χ1) is 5.24. The van der Waals surface area contributed by atoms with E-state index in [0.717, 1.165) is 0 Å². The van der Waals surface area contributed by atoms with Crippen LogP contribution in [0.15, 0.2) is 23.8 Å². The van der Waals surface area contributed by atoms with Gasteiger partial charge in [0.05, 0.1) is 7.11 Å². The Bertz CT molecular complexity index is 218. The smallest absolute Gasteiger partial charge is 0.333 e. The third kappa shape index (κ3) is 1.91. The highest BCUT2D eigenvalue weighted by Crippen LogP contribution is 2.11. The second kappa shape index (κ2) is 3.34. The van der Waals surface area contributed by atoms with Gasteiger partial charge in [-0.25, -0.2) is 4.79 Å². The summed E-state index contributed by atoms with van der Waals surface area (Å²) in [7, 11) is 1.37. The summed E-state index contributed by atoms with van der Waals surface area (Å²) in [5.41, 5.74) is 6.19. The van der Waals surface area contributed by atoms with E-state index in [1.165, 1.54) is 7.11 Å². The van der Waals surface area contributed by atoms with Gasteiger partial charge in [-0.2, -0.15) is 0 Å². The van der Waals surface area contributed by atoms with E-state index in [-0.39, 0.29) is 12.0 Å². The minimum Gasteiger partial charge on any atom is -0.466 e. The van der Waals surface area contributed by atoms with Crippen molar-refractivity contribution in [2.45, 2.75) is 12.5 Å². The third-order valence-corrected chi connectivity index (χ3v) is 1.54. The average molecular weight is 153 g/mol. The first-order valence-corrected chi connectivity index (χ1v) is 3.45. The molecule has 0 aliphatic heterocycles. The lowest BCUT2D eigenvalue weighted by Crippen LogP contribution is -2.19. The maximum Gasteiger partial charge on any atom is 0.333 e. The van der Waals surface area contributed by atoms with Crippen molar-refractivity contribution in [1.82, 2.24) is 0 Å². The number of rotatable bonds is 1. The van der Waals surface area contributed by atoms with Gasteiger partial charge in [0.1, 0.15) is 0 Å². The Hall–Kier alpha value is -1.09. The molecule has 1 aliphatic carbocycles. The van der Waals surface area contributed by atoms with Crippen molar-refractivity contribution < 1.29 is 9.53 Å². The van der Waals surface area contributed by atoms with Crippen LogP contribution >= 0.6 is 0 Å². The van der Waals surface area contributed by atoms with Gasteiger partial charge in [-0.15, -0.1) is 0 Å². The maximum absolute atomic E-state index is 10.9. The molecule has 0 saturated carbocycles. The zero-order valence-electron chi connectivity index (χ0n) is 6.41. The van der Waals surface area contributed by atoms with E-state index in [0.29, 0.717) is 12.0 Å². The minimum absolute atomic E-state index is 0.141. The second-order valence-electron chi connectivity index (χ2n) is 2.39. The molecule has 3 nitrogen and oxygen atoms in total. The standard InChI is InChI=1S/C8H11NO2/c1-11-8(10)6-3-2-4-7(9)5-6/h2,4-5,7H,3,9H2,1H3. The summed E-state index contributed by atoms with van der Waals surface area (Å²) in [6, 6.07) is -0.141. The zero-order valence-corrected chi connectivity index (χ0v) is 6.41. The number of methoxy groups -OCH3 is 1. The molecule has 0 radical (unpaired) electrons. The van der Waals surface area contributed by atoms with Crippen molar-refractivity contribution in [3.8, 4) is 0 Å². The van der Waals surface area contributed by atoms with Crippen LogP contribution in [-0.2, 0) is 9.53 Å². The fraction of sp³-hybridized carbons (Fsp3) is 0.375. The molecule has 0 amide bonds. The summed E-state index contributed by atoms with van der Waals surface area (Å²) in [4.78, 5) is 10.9. The molecule has 2 N–H and O–H groups in total. The van der Waals surface area contributed by atoms with Crippen molar-refractivity contribution >= 4 is 5.97 Å². The molecular formula is C8H11NO2. The molecular weight excluding hydrogens is 142 g/mol. The lowest BCUT2D eigenvalue weighted by Gasteiger charge is -2.09. The molecule has 1 aliphatic rings. The van der Waals surface area contributed by atoms with Crippen LogP contribution in [0.2, 0.25) is 0 Å². The van der Waals surface area contributed by atoms with Crippen LogP contribution in [0.1, 0.15) is 6.42 Å². The fourth-order valence-corrected chi connectivity index (χ4v) is 0.991. The van der Waals surface area contributed by atoms with E-state index >= 15 is 0 Å². The van der Waals surface area contributed by atoms with E-state index in [9.17, 15) is 4.79 Å². The predicted octanol–water partition coefficient (Wildman–Crippen LogP) is 0.373. The number of carbonyl (C=O) groups excluding carboxylic acids is 1. The van der Waals surface area contributed by atoms with E-state index in [1.807, 2.05) is 12.2 Å². The fourth-order valence-electron chi connectivity index (χ4n) is 0.991. The highest BCUT2D eigenvalue weighted by molar-refractivity contribution is 5.89. The van der Waals surface area contributed by atoms with E-state index in [2.05, 4.69) is 4.74 Å². The first-order valence-electron chi connectivity index (χ1n) is 3.45. The van der Waals surface area contributed by atoms with Crippen LogP contribution in [-0.4, -0.2) is 19.1 Å². The van der Waals surface area contributed by atoms with Gasteiger partial charge in [-0.05, 0) is 6.42 Å². The zero-order chi connectivity index (χ0) is 8.27. The van der Waals surface area contributed by atoms with Crippen LogP contribution in [0, 0.1) is 0 Å². The van der Waals surface area contributed by atoms with E-state index in [1.54, 1.807) is 6.08 Å². The van der Waals surface area contributed by atoms with Crippen LogP contribution < -0.4 is 5.73 Å². The van der Waals surface area contributed by atoms with Gasteiger partial charge in [0.15, 0.2) is 0 Å². The van der Waals surface area contributed by atoms with Gasteiger partial charge < -0.3 is 10.5 Å². The normalized spacial score (nSPS) is 22.7. The minimum atomic E-state index is -0.287. The number of allylic oxidation sites excluding steroid dienone is 1. The van der Waals surface area contributed by atoms with Crippen molar-refractivity contribution in [2.75, 3.05) is 7.11 Å². The molecule has 1 atom stereocenters. The highest BCUT2D eigenvalue weighted by atomic mass is 16.5. The topological polar surface area (TPSA) is 52.3 Å². The number of hydrogen-bond donors (Lipinski definition) is 1. The van der Waals surface area contributed by atoms with Crippen LogP contribution in [0.25, 0.3) is 0 Å². The summed E-state index contributed by atoms with van der Waals surface area (Å²) >= 11 is 0. The van der Waals surface area contributed by atoms with Crippen molar-refractivity contribution in [3.05, 3.63) is 23.8 Å². The summed E-state index contributed by atoms with van der Waals surface area (Å²) < 4.78 is 4.54. The summed E-state index contributed by atoms with van der Waals surface area (Å²) in [6.45, 7) is 0. The SMILES string of the molecule is COC(=O)C1=CC(N)C=CC1. The molecule has 0 bridgehead atoms. The van der Waals surface area contributed by atoms with Gasteiger partial charge in [-0.1, -0.05) is 18.2 Å². The molecule has 0 heterocycles. The number of nitrogens with two attached hydrogens (primary N) is 1. The predicted molar refractivity (Wildman–Crippen MR) is 41.8 cm³/mol. The molecule has 0 aromatic heterocycles. The van der Waals surface area contributed by atoms with Crippen molar-refractivity contribution in [3.63, 3.8) is 0 Å². The van der Waals surface area contributed by atoms with Gasteiger partial charge >= 0.3 is 5.97 Å². The number of carbonyl (C=O) groups is 1. The Morgan fingerprint density at radius 3 is 3.09 bits per heavy atom. The number of esters is 1. The number of hydrogen-bond acceptors (Lipinski definition) is 3. The van der Waals surface area contributed by atoms with Crippen LogP contribution in [0.4, 0.5) is 0 Å². The average Bonchev–Trinajstić information content (AvgIpc) is 2.03. The molecule has 1 rings (SSSR count). The first kappa shape index (κ1) is 8.01. The molecule has 0 aromatic carbocycles. The van der Waals surface area contributed by atoms with Gasteiger partial charge in [0.25, 0.3) is 0 Å². The third-order valence-electron chi connectivity index (χ3n) is 1.54. The van der Waals surface area contributed by atoms with E-state index < -0.39 is 0 Å². The Labute approximate surface area is 65.5 Å². The molecule has 60 valence electrons. The molecule has 3 heteroatoms.